The average molecular weight is 346 g/mol. The van der Waals surface area contributed by atoms with Gasteiger partial charge in [-0.1, -0.05) is 12.8 Å². The highest BCUT2D eigenvalue weighted by Crippen LogP contribution is 2.30. The molecule has 7 heteroatoms. The number of amides is 1. The minimum atomic E-state index is -0.498. The standard InChI is InChI=1S/C18H26N4O3/c23-16(15-4-1-2-5-15)21-9-11-25-18(12-21)13-22(8-10-24-14-18)17-19-6-3-7-20-17/h3,6-7,15H,1-2,4-5,8-14H2/t18-/m0/s1. The van der Waals surface area contributed by atoms with Crippen molar-refractivity contribution in [1.29, 1.82) is 0 Å². The number of anilines is 1. The average Bonchev–Trinajstić information content (AvgIpc) is 3.12. The fraction of sp³-hybridized carbons (Fsp3) is 0.722. The van der Waals surface area contributed by atoms with Gasteiger partial charge in [0.25, 0.3) is 0 Å². The molecular formula is C18H26N4O3. The third-order valence-corrected chi connectivity index (χ3v) is 5.45. The molecule has 1 saturated carbocycles. The Morgan fingerprint density at radius 3 is 2.72 bits per heavy atom. The summed E-state index contributed by atoms with van der Waals surface area (Å²) in [5.74, 6) is 1.19. The Morgan fingerprint density at radius 2 is 1.92 bits per heavy atom. The van der Waals surface area contributed by atoms with Gasteiger partial charge < -0.3 is 19.3 Å². The lowest BCUT2D eigenvalue weighted by atomic mass is 9.99. The first-order chi connectivity index (χ1) is 12.3. The van der Waals surface area contributed by atoms with Gasteiger partial charge in [0.2, 0.25) is 11.9 Å². The van der Waals surface area contributed by atoms with Crippen LogP contribution in [0.2, 0.25) is 0 Å². The molecule has 0 unspecified atom stereocenters. The van der Waals surface area contributed by atoms with Crippen LogP contribution < -0.4 is 4.90 Å². The number of carbonyl (C=O) groups excluding carboxylic acids is 1. The second kappa shape index (κ2) is 7.25. The number of aromatic nitrogens is 2. The number of hydrogen-bond acceptors (Lipinski definition) is 6. The molecule has 1 aromatic heterocycles. The zero-order valence-electron chi connectivity index (χ0n) is 14.6. The van der Waals surface area contributed by atoms with Crippen LogP contribution in [0.4, 0.5) is 5.95 Å². The third-order valence-electron chi connectivity index (χ3n) is 5.45. The van der Waals surface area contributed by atoms with E-state index in [1.54, 1.807) is 12.4 Å². The maximum atomic E-state index is 12.9. The molecule has 0 N–H and O–H groups in total. The molecular weight excluding hydrogens is 320 g/mol. The summed E-state index contributed by atoms with van der Waals surface area (Å²) in [5.41, 5.74) is -0.498. The van der Waals surface area contributed by atoms with Crippen molar-refractivity contribution in [2.45, 2.75) is 31.3 Å². The Kier molecular flexibility index (Phi) is 4.85. The lowest BCUT2D eigenvalue weighted by molar-refractivity contribution is -0.160. The predicted molar refractivity (Wildman–Crippen MR) is 92.3 cm³/mol. The zero-order valence-corrected chi connectivity index (χ0v) is 14.6. The maximum absolute atomic E-state index is 12.9. The van der Waals surface area contributed by atoms with Crippen molar-refractivity contribution in [2.75, 3.05) is 50.9 Å². The highest BCUT2D eigenvalue weighted by Gasteiger charge is 2.43. The van der Waals surface area contributed by atoms with E-state index in [0.29, 0.717) is 51.3 Å². The van der Waals surface area contributed by atoms with Gasteiger partial charge in [-0.05, 0) is 18.9 Å². The monoisotopic (exact) mass is 346 g/mol. The van der Waals surface area contributed by atoms with Crippen molar-refractivity contribution in [3.05, 3.63) is 18.5 Å². The molecule has 1 amide bonds. The van der Waals surface area contributed by atoms with Crippen LogP contribution in [0, 0.1) is 5.92 Å². The highest BCUT2D eigenvalue weighted by atomic mass is 16.5. The molecule has 25 heavy (non-hydrogen) atoms. The number of hydrogen-bond donors (Lipinski definition) is 0. The molecule has 0 aromatic carbocycles. The second-order valence-electron chi connectivity index (χ2n) is 7.30. The molecule has 2 saturated heterocycles. The molecule has 1 spiro atoms. The van der Waals surface area contributed by atoms with Crippen LogP contribution in [-0.2, 0) is 14.3 Å². The SMILES string of the molecule is O=C(C1CCCC1)N1CCO[C@@]2(COCCN(c3ncccn3)C2)C1. The molecule has 0 bridgehead atoms. The van der Waals surface area contributed by atoms with Gasteiger partial charge in [0.05, 0.1) is 32.9 Å². The largest absolute Gasteiger partial charge is 0.376 e. The Morgan fingerprint density at radius 1 is 1.12 bits per heavy atom. The molecule has 4 rings (SSSR count). The van der Waals surface area contributed by atoms with Crippen molar-refractivity contribution in [1.82, 2.24) is 14.9 Å². The molecule has 1 aromatic rings. The smallest absolute Gasteiger partial charge is 0.225 e. The molecule has 3 aliphatic rings. The van der Waals surface area contributed by atoms with E-state index in [1.807, 2.05) is 11.0 Å². The van der Waals surface area contributed by atoms with E-state index in [0.717, 1.165) is 19.4 Å². The summed E-state index contributed by atoms with van der Waals surface area (Å²) in [4.78, 5) is 25.7. The first kappa shape index (κ1) is 16.7. The van der Waals surface area contributed by atoms with Crippen LogP contribution >= 0.6 is 0 Å². The summed E-state index contributed by atoms with van der Waals surface area (Å²) in [6, 6.07) is 1.81. The minimum Gasteiger partial charge on any atom is -0.376 e. The lowest BCUT2D eigenvalue weighted by Crippen LogP contribution is -2.60. The molecule has 136 valence electrons. The van der Waals surface area contributed by atoms with Crippen molar-refractivity contribution in [3.8, 4) is 0 Å². The number of carbonyl (C=O) groups is 1. The van der Waals surface area contributed by atoms with Crippen LogP contribution in [0.1, 0.15) is 25.7 Å². The Bertz CT molecular complexity index is 593. The van der Waals surface area contributed by atoms with Gasteiger partial charge in [-0.15, -0.1) is 0 Å². The summed E-state index contributed by atoms with van der Waals surface area (Å²) < 4.78 is 12.0. The lowest BCUT2D eigenvalue weighted by Gasteiger charge is -2.43. The van der Waals surface area contributed by atoms with E-state index in [2.05, 4.69) is 14.9 Å². The van der Waals surface area contributed by atoms with Gasteiger partial charge >= 0.3 is 0 Å². The van der Waals surface area contributed by atoms with Gasteiger partial charge in [-0.3, -0.25) is 4.79 Å². The first-order valence-corrected chi connectivity index (χ1v) is 9.28. The molecule has 2 aliphatic heterocycles. The van der Waals surface area contributed by atoms with E-state index >= 15 is 0 Å². The maximum Gasteiger partial charge on any atom is 0.225 e. The van der Waals surface area contributed by atoms with Gasteiger partial charge in [0, 0.05) is 31.4 Å². The number of ether oxygens (including phenoxy) is 2. The van der Waals surface area contributed by atoms with Gasteiger partial charge in [0.15, 0.2) is 0 Å². The third kappa shape index (κ3) is 3.62. The van der Waals surface area contributed by atoms with Crippen molar-refractivity contribution < 1.29 is 14.3 Å². The second-order valence-corrected chi connectivity index (χ2v) is 7.30. The topological polar surface area (TPSA) is 67.8 Å². The Labute approximate surface area is 148 Å². The highest BCUT2D eigenvalue weighted by molar-refractivity contribution is 5.79. The Hall–Kier alpha value is -1.73. The summed E-state index contributed by atoms with van der Waals surface area (Å²) in [6.07, 6.45) is 7.91. The number of morpholine rings is 1. The molecule has 3 heterocycles. The van der Waals surface area contributed by atoms with E-state index in [9.17, 15) is 4.79 Å². The van der Waals surface area contributed by atoms with E-state index in [-0.39, 0.29) is 5.92 Å². The van der Waals surface area contributed by atoms with E-state index in [1.165, 1.54) is 12.8 Å². The fourth-order valence-electron chi connectivity index (χ4n) is 4.18. The van der Waals surface area contributed by atoms with Crippen LogP contribution in [0.5, 0.6) is 0 Å². The number of rotatable bonds is 2. The van der Waals surface area contributed by atoms with Crippen LogP contribution in [0.25, 0.3) is 0 Å². The molecule has 0 radical (unpaired) electrons. The van der Waals surface area contributed by atoms with Crippen LogP contribution in [0.15, 0.2) is 18.5 Å². The number of nitrogens with zero attached hydrogens (tertiary/aromatic N) is 4. The summed E-state index contributed by atoms with van der Waals surface area (Å²) in [6.45, 7) is 4.32. The van der Waals surface area contributed by atoms with Crippen molar-refractivity contribution in [2.24, 2.45) is 5.92 Å². The van der Waals surface area contributed by atoms with Gasteiger partial charge in [-0.2, -0.15) is 0 Å². The Balaban J connectivity index is 1.49. The van der Waals surface area contributed by atoms with E-state index in [4.69, 9.17) is 9.47 Å². The molecule has 7 nitrogen and oxygen atoms in total. The summed E-state index contributed by atoms with van der Waals surface area (Å²) in [5, 5.41) is 0. The van der Waals surface area contributed by atoms with Crippen LogP contribution in [0.3, 0.4) is 0 Å². The van der Waals surface area contributed by atoms with Crippen molar-refractivity contribution in [3.63, 3.8) is 0 Å². The van der Waals surface area contributed by atoms with Gasteiger partial charge in [0.1, 0.15) is 5.60 Å². The fourth-order valence-corrected chi connectivity index (χ4v) is 4.18. The summed E-state index contributed by atoms with van der Waals surface area (Å²) >= 11 is 0. The van der Waals surface area contributed by atoms with Gasteiger partial charge in [-0.25, -0.2) is 9.97 Å². The normalized spacial score (nSPS) is 28.3. The van der Waals surface area contributed by atoms with Crippen LogP contribution in [-0.4, -0.2) is 72.4 Å². The van der Waals surface area contributed by atoms with E-state index < -0.39 is 5.60 Å². The van der Waals surface area contributed by atoms with Crippen molar-refractivity contribution >= 4 is 11.9 Å². The quantitative estimate of drug-likeness (QED) is 0.799. The molecule has 3 fully saturated rings. The molecule has 1 aliphatic carbocycles. The first-order valence-electron chi connectivity index (χ1n) is 9.28. The minimum absolute atomic E-state index is 0.204. The molecule has 1 atom stereocenters. The summed E-state index contributed by atoms with van der Waals surface area (Å²) in [7, 11) is 0. The predicted octanol–water partition coefficient (Wildman–Crippen LogP) is 1.10. The zero-order chi connectivity index (χ0) is 17.1.